The number of aliphatic carboxylic acids is 1. The molecule has 1 aliphatic heterocycles. The lowest BCUT2D eigenvalue weighted by molar-refractivity contribution is -0.165. The van der Waals surface area contributed by atoms with E-state index in [1.54, 1.807) is 0 Å². The molecular weight excluding hydrogens is 294 g/mol. The van der Waals surface area contributed by atoms with E-state index >= 15 is 0 Å². The van der Waals surface area contributed by atoms with Gasteiger partial charge in [-0.2, -0.15) is 5.10 Å². The monoisotopic (exact) mass is 323 g/mol. The summed E-state index contributed by atoms with van der Waals surface area (Å²) in [5.74, 6) is -0.455. The van der Waals surface area contributed by atoms with Gasteiger partial charge in [0.15, 0.2) is 0 Å². The highest BCUT2D eigenvalue weighted by Gasteiger charge is 2.48. The highest BCUT2D eigenvalue weighted by atomic mass is 16.4. The summed E-state index contributed by atoms with van der Waals surface area (Å²) in [7, 11) is 0. The molecule has 23 heavy (non-hydrogen) atoms. The van der Waals surface area contributed by atoms with E-state index in [0.717, 1.165) is 18.7 Å². The number of aliphatic hydroxyl groups is 1. The van der Waals surface area contributed by atoms with E-state index in [2.05, 4.69) is 23.8 Å². The quantitative estimate of drug-likeness (QED) is 0.802. The minimum Gasteiger partial charge on any atom is -0.481 e. The number of piperidine rings is 1. The second-order valence-corrected chi connectivity index (χ2v) is 7.07. The number of carboxylic acid groups (broad SMARTS) is 1. The maximum Gasteiger partial charge on any atom is 0.313 e. The second kappa shape index (κ2) is 7.45. The number of likely N-dealkylation sites (tertiary alicyclic amines) is 1. The van der Waals surface area contributed by atoms with E-state index in [4.69, 9.17) is 0 Å². The molecule has 0 amide bonds. The van der Waals surface area contributed by atoms with Crippen LogP contribution in [-0.2, 0) is 17.9 Å². The number of carbonyl (C=O) groups is 1. The number of aliphatic hydroxyl groups excluding tert-OH is 1. The lowest BCUT2D eigenvalue weighted by Gasteiger charge is -2.43. The van der Waals surface area contributed by atoms with Gasteiger partial charge in [0.1, 0.15) is 5.41 Å². The number of carboxylic acids is 1. The third-order valence-electron chi connectivity index (χ3n) is 4.86. The predicted molar refractivity (Wildman–Crippen MR) is 87.9 cm³/mol. The highest BCUT2D eigenvalue weighted by Crippen LogP contribution is 2.37. The molecule has 0 aliphatic carbocycles. The average Bonchev–Trinajstić information content (AvgIpc) is 2.95. The fraction of sp³-hybridized carbons (Fsp3) is 0.765. The fourth-order valence-electron chi connectivity index (χ4n) is 3.30. The van der Waals surface area contributed by atoms with Gasteiger partial charge < -0.3 is 10.2 Å². The maximum atomic E-state index is 11.9. The Labute approximate surface area is 138 Å². The molecule has 0 spiro atoms. The normalized spacial score (nSPS) is 25.9. The zero-order valence-electron chi connectivity index (χ0n) is 14.4. The number of aryl methyl sites for hydroxylation is 1. The summed E-state index contributed by atoms with van der Waals surface area (Å²) in [4.78, 5) is 14.1. The molecule has 0 saturated carbocycles. The molecule has 1 aromatic rings. The van der Waals surface area contributed by atoms with Gasteiger partial charge in [-0.3, -0.25) is 14.4 Å². The van der Waals surface area contributed by atoms with Crippen molar-refractivity contribution < 1.29 is 15.0 Å². The predicted octanol–water partition coefficient (Wildman–Crippen LogP) is 1.98. The SMILES string of the molecule is CCn1ccc(CN2CC[C@@H](O)[C@](CCC(C)C)(C(=O)O)C2)n1. The first-order valence-corrected chi connectivity index (χ1v) is 8.53. The Kier molecular flexibility index (Phi) is 5.81. The fourth-order valence-corrected chi connectivity index (χ4v) is 3.30. The molecule has 1 fully saturated rings. The molecule has 2 atom stereocenters. The second-order valence-electron chi connectivity index (χ2n) is 7.07. The van der Waals surface area contributed by atoms with Crippen LogP contribution in [0.25, 0.3) is 0 Å². The van der Waals surface area contributed by atoms with Crippen LogP contribution < -0.4 is 0 Å². The van der Waals surface area contributed by atoms with Gasteiger partial charge in [0.2, 0.25) is 0 Å². The molecule has 1 aromatic heterocycles. The molecule has 0 bridgehead atoms. The van der Waals surface area contributed by atoms with Crippen LogP contribution in [0.3, 0.4) is 0 Å². The molecule has 2 heterocycles. The molecule has 0 radical (unpaired) electrons. The van der Waals surface area contributed by atoms with Gasteiger partial charge in [0.05, 0.1) is 11.8 Å². The number of aromatic nitrogens is 2. The van der Waals surface area contributed by atoms with Crippen LogP contribution in [0.2, 0.25) is 0 Å². The molecular formula is C17H29N3O3. The van der Waals surface area contributed by atoms with Gasteiger partial charge in [-0.15, -0.1) is 0 Å². The molecule has 2 rings (SSSR count). The highest BCUT2D eigenvalue weighted by molar-refractivity contribution is 5.76. The van der Waals surface area contributed by atoms with Crippen molar-refractivity contribution >= 4 is 5.97 Å². The van der Waals surface area contributed by atoms with Gasteiger partial charge in [0.25, 0.3) is 0 Å². The first kappa shape index (κ1) is 17.9. The third-order valence-corrected chi connectivity index (χ3v) is 4.86. The van der Waals surface area contributed by atoms with E-state index in [1.165, 1.54) is 0 Å². The van der Waals surface area contributed by atoms with E-state index in [1.807, 2.05) is 23.9 Å². The summed E-state index contributed by atoms with van der Waals surface area (Å²) >= 11 is 0. The van der Waals surface area contributed by atoms with Crippen molar-refractivity contribution in [3.8, 4) is 0 Å². The average molecular weight is 323 g/mol. The molecule has 0 unspecified atom stereocenters. The Balaban J connectivity index is 2.10. The minimum absolute atomic E-state index is 0.384. The van der Waals surface area contributed by atoms with Crippen molar-refractivity contribution in [3.63, 3.8) is 0 Å². The number of nitrogens with zero attached hydrogens (tertiary/aromatic N) is 3. The van der Waals surface area contributed by atoms with Gasteiger partial charge in [-0.1, -0.05) is 13.8 Å². The van der Waals surface area contributed by atoms with Crippen molar-refractivity contribution in [1.82, 2.24) is 14.7 Å². The van der Waals surface area contributed by atoms with Gasteiger partial charge >= 0.3 is 5.97 Å². The molecule has 1 aliphatic rings. The van der Waals surface area contributed by atoms with E-state index in [-0.39, 0.29) is 0 Å². The Hall–Kier alpha value is -1.40. The maximum absolute atomic E-state index is 11.9. The standard InChI is InChI=1S/C17H29N3O3/c1-4-20-10-6-14(18-20)11-19-9-7-15(21)17(12-19,16(22)23)8-5-13(2)3/h6,10,13,15,21H,4-5,7-9,11-12H2,1-3H3,(H,22,23)/t15-,17-/m1/s1. The summed E-state index contributed by atoms with van der Waals surface area (Å²) in [6.45, 7) is 8.75. The summed E-state index contributed by atoms with van der Waals surface area (Å²) < 4.78 is 1.87. The summed E-state index contributed by atoms with van der Waals surface area (Å²) in [5, 5.41) is 24.7. The van der Waals surface area contributed by atoms with Gasteiger partial charge in [-0.05, 0) is 38.2 Å². The molecule has 130 valence electrons. The van der Waals surface area contributed by atoms with Crippen molar-refractivity contribution in [2.45, 2.75) is 59.2 Å². The first-order chi connectivity index (χ1) is 10.9. The van der Waals surface area contributed by atoms with Crippen LogP contribution in [0.1, 0.15) is 45.7 Å². The molecule has 0 aromatic carbocycles. The Bertz CT molecular complexity index is 529. The van der Waals surface area contributed by atoms with Gasteiger partial charge in [0, 0.05) is 32.4 Å². The Morgan fingerprint density at radius 2 is 2.26 bits per heavy atom. The van der Waals surface area contributed by atoms with E-state index in [9.17, 15) is 15.0 Å². The number of hydrogen-bond donors (Lipinski definition) is 2. The molecule has 2 N–H and O–H groups in total. The number of rotatable bonds is 7. The molecule has 6 nitrogen and oxygen atoms in total. The van der Waals surface area contributed by atoms with Crippen LogP contribution in [0.5, 0.6) is 0 Å². The Morgan fingerprint density at radius 3 is 2.83 bits per heavy atom. The van der Waals surface area contributed by atoms with Crippen molar-refractivity contribution in [2.24, 2.45) is 11.3 Å². The first-order valence-electron chi connectivity index (χ1n) is 8.53. The zero-order chi connectivity index (χ0) is 17.0. The lowest BCUT2D eigenvalue weighted by atomic mass is 9.73. The van der Waals surface area contributed by atoms with Crippen molar-refractivity contribution in [2.75, 3.05) is 13.1 Å². The lowest BCUT2D eigenvalue weighted by Crippen LogP contribution is -2.55. The number of hydrogen-bond acceptors (Lipinski definition) is 4. The smallest absolute Gasteiger partial charge is 0.313 e. The van der Waals surface area contributed by atoms with Crippen molar-refractivity contribution in [1.29, 1.82) is 0 Å². The molecule has 6 heteroatoms. The van der Waals surface area contributed by atoms with Crippen LogP contribution in [0.15, 0.2) is 12.3 Å². The summed E-state index contributed by atoms with van der Waals surface area (Å²) in [6.07, 6.45) is 2.99. The van der Waals surface area contributed by atoms with Crippen LogP contribution in [0, 0.1) is 11.3 Å². The van der Waals surface area contributed by atoms with Crippen molar-refractivity contribution in [3.05, 3.63) is 18.0 Å². The van der Waals surface area contributed by atoms with E-state index < -0.39 is 17.5 Å². The summed E-state index contributed by atoms with van der Waals surface area (Å²) in [5.41, 5.74) is -0.109. The topological polar surface area (TPSA) is 78.6 Å². The van der Waals surface area contributed by atoms with Crippen LogP contribution >= 0.6 is 0 Å². The third kappa shape index (κ3) is 4.12. The zero-order valence-corrected chi connectivity index (χ0v) is 14.4. The summed E-state index contributed by atoms with van der Waals surface area (Å²) in [6, 6.07) is 1.98. The van der Waals surface area contributed by atoms with E-state index in [0.29, 0.717) is 38.4 Å². The largest absolute Gasteiger partial charge is 0.481 e. The van der Waals surface area contributed by atoms with Gasteiger partial charge in [-0.25, -0.2) is 0 Å². The van der Waals surface area contributed by atoms with Crippen LogP contribution in [-0.4, -0.2) is 50.1 Å². The van der Waals surface area contributed by atoms with Crippen LogP contribution in [0.4, 0.5) is 0 Å². The Morgan fingerprint density at radius 1 is 1.52 bits per heavy atom. The molecule has 1 saturated heterocycles. The minimum atomic E-state index is -1.06.